The van der Waals surface area contributed by atoms with Crippen LogP contribution in [0.1, 0.15) is 32.1 Å². The summed E-state index contributed by atoms with van der Waals surface area (Å²) in [6, 6.07) is 4.90. The second kappa shape index (κ2) is 7.14. The fourth-order valence-corrected chi connectivity index (χ4v) is 4.94. The van der Waals surface area contributed by atoms with Gasteiger partial charge in [-0.1, -0.05) is 36.5 Å². The van der Waals surface area contributed by atoms with Crippen molar-refractivity contribution in [1.82, 2.24) is 4.57 Å². The van der Waals surface area contributed by atoms with Crippen LogP contribution in [-0.4, -0.2) is 25.1 Å². The summed E-state index contributed by atoms with van der Waals surface area (Å²) in [4.78, 5) is 17.6. The first kappa shape index (κ1) is 17.9. The van der Waals surface area contributed by atoms with Gasteiger partial charge in [0.15, 0.2) is 14.6 Å². The number of rotatable bonds is 3. The Morgan fingerprint density at radius 2 is 2.08 bits per heavy atom. The van der Waals surface area contributed by atoms with Gasteiger partial charge >= 0.3 is 0 Å². The molecule has 132 valence electrons. The highest BCUT2D eigenvalue weighted by Crippen LogP contribution is 2.25. The molecule has 1 saturated carbocycles. The van der Waals surface area contributed by atoms with Crippen LogP contribution in [0.25, 0.3) is 10.2 Å². The van der Waals surface area contributed by atoms with E-state index in [1.54, 1.807) is 22.8 Å². The van der Waals surface area contributed by atoms with Gasteiger partial charge in [0.25, 0.3) is 5.91 Å². The Balaban J connectivity index is 2.10. The lowest BCUT2D eigenvalue weighted by atomic mass is 9.89. The highest BCUT2D eigenvalue weighted by Gasteiger charge is 2.21. The van der Waals surface area contributed by atoms with E-state index in [1.165, 1.54) is 24.0 Å². The molecule has 1 fully saturated rings. The maximum Gasteiger partial charge on any atom is 0.251 e. The Kier molecular flexibility index (Phi) is 5.11. The lowest BCUT2D eigenvalue weighted by Crippen LogP contribution is -2.21. The summed E-state index contributed by atoms with van der Waals surface area (Å²) >= 11 is 1.30. The number of terminal acetylenes is 1. The number of thiazole rings is 1. The molecule has 1 heterocycles. The zero-order chi connectivity index (χ0) is 18.0. The maximum absolute atomic E-state index is 12.5. The molecule has 0 spiro atoms. The van der Waals surface area contributed by atoms with Crippen LogP contribution in [0.4, 0.5) is 0 Å². The largest absolute Gasteiger partial charge is 0.305 e. The molecule has 1 aliphatic rings. The zero-order valence-corrected chi connectivity index (χ0v) is 15.7. The zero-order valence-electron chi connectivity index (χ0n) is 14.1. The van der Waals surface area contributed by atoms with Crippen molar-refractivity contribution in [3.63, 3.8) is 0 Å². The third kappa shape index (κ3) is 3.86. The van der Waals surface area contributed by atoms with Crippen molar-refractivity contribution in [2.45, 2.75) is 43.5 Å². The average molecular weight is 377 g/mol. The molecular formula is C18H20N2O3S2. The number of amides is 1. The third-order valence-electron chi connectivity index (χ3n) is 4.49. The summed E-state index contributed by atoms with van der Waals surface area (Å²) in [6.45, 7) is 0.287. The van der Waals surface area contributed by atoms with Gasteiger partial charge in [0.2, 0.25) is 0 Å². The molecule has 1 aromatic heterocycles. The quantitative estimate of drug-likeness (QED) is 0.774. The Morgan fingerprint density at radius 3 is 2.72 bits per heavy atom. The first-order chi connectivity index (χ1) is 11.9. The Labute approximate surface area is 151 Å². The van der Waals surface area contributed by atoms with E-state index in [9.17, 15) is 13.2 Å². The maximum atomic E-state index is 12.5. The minimum absolute atomic E-state index is 0.00942. The molecule has 0 atom stereocenters. The molecule has 0 unspecified atom stereocenters. The van der Waals surface area contributed by atoms with Crippen LogP contribution in [0.3, 0.4) is 0 Å². The van der Waals surface area contributed by atoms with Crippen LogP contribution < -0.4 is 4.80 Å². The van der Waals surface area contributed by atoms with E-state index in [2.05, 4.69) is 10.9 Å². The molecule has 0 saturated heterocycles. The van der Waals surface area contributed by atoms with Crippen molar-refractivity contribution in [3.8, 4) is 12.3 Å². The Bertz CT molecular complexity index is 1020. The number of sulfone groups is 1. The molecule has 2 aromatic rings. The number of hydrogen-bond acceptors (Lipinski definition) is 4. The van der Waals surface area contributed by atoms with Crippen LogP contribution >= 0.6 is 11.3 Å². The standard InChI is InChI=1S/C18H20N2O3S2/c1-3-11-20-15-10-9-14(25(2,22)23)12-16(15)24-18(20)19-17(21)13-7-5-4-6-8-13/h1,9-10,12-13H,4-8,11H2,2H3. The molecule has 0 bridgehead atoms. The van der Waals surface area contributed by atoms with Gasteiger partial charge in [-0.15, -0.1) is 6.42 Å². The van der Waals surface area contributed by atoms with E-state index < -0.39 is 9.84 Å². The fourth-order valence-electron chi connectivity index (χ4n) is 3.15. The van der Waals surface area contributed by atoms with Gasteiger partial charge in [-0.05, 0) is 31.0 Å². The van der Waals surface area contributed by atoms with Crippen molar-refractivity contribution in [1.29, 1.82) is 0 Å². The predicted molar refractivity (Wildman–Crippen MR) is 98.9 cm³/mol. The van der Waals surface area contributed by atoms with Crippen LogP contribution in [0.2, 0.25) is 0 Å². The van der Waals surface area contributed by atoms with Crippen LogP contribution in [-0.2, 0) is 21.2 Å². The Hall–Kier alpha value is -1.91. The molecular weight excluding hydrogens is 356 g/mol. The second-order valence-electron chi connectivity index (χ2n) is 6.36. The molecule has 1 aromatic carbocycles. The van der Waals surface area contributed by atoms with Gasteiger partial charge in [-0.25, -0.2) is 8.42 Å². The highest BCUT2D eigenvalue weighted by atomic mass is 32.2. The van der Waals surface area contributed by atoms with E-state index in [4.69, 9.17) is 6.42 Å². The van der Waals surface area contributed by atoms with Gasteiger partial charge < -0.3 is 4.57 Å². The first-order valence-corrected chi connectivity index (χ1v) is 11.0. The van der Waals surface area contributed by atoms with Gasteiger partial charge in [-0.3, -0.25) is 4.79 Å². The van der Waals surface area contributed by atoms with Crippen molar-refractivity contribution < 1.29 is 13.2 Å². The number of benzene rings is 1. The topological polar surface area (TPSA) is 68.5 Å². The number of hydrogen-bond donors (Lipinski definition) is 0. The monoisotopic (exact) mass is 376 g/mol. The molecule has 7 heteroatoms. The molecule has 1 aliphatic carbocycles. The molecule has 5 nitrogen and oxygen atoms in total. The summed E-state index contributed by atoms with van der Waals surface area (Å²) in [6.07, 6.45) is 11.7. The molecule has 25 heavy (non-hydrogen) atoms. The fraction of sp³-hybridized carbons (Fsp3) is 0.444. The van der Waals surface area contributed by atoms with E-state index in [-0.39, 0.29) is 23.3 Å². The number of fused-ring (bicyclic) bond motifs is 1. The average Bonchev–Trinajstić information content (AvgIpc) is 2.92. The highest BCUT2D eigenvalue weighted by molar-refractivity contribution is 7.90. The molecule has 1 amide bonds. The van der Waals surface area contributed by atoms with Crippen LogP contribution in [0, 0.1) is 18.3 Å². The Morgan fingerprint density at radius 1 is 1.36 bits per heavy atom. The summed E-state index contributed by atoms with van der Waals surface area (Å²) in [5.41, 5.74) is 0.797. The van der Waals surface area contributed by atoms with Crippen molar-refractivity contribution in [3.05, 3.63) is 23.0 Å². The molecule has 0 aliphatic heterocycles. The van der Waals surface area contributed by atoms with E-state index >= 15 is 0 Å². The van der Waals surface area contributed by atoms with Crippen LogP contribution in [0.5, 0.6) is 0 Å². The van der Waals surface area contributed by atoms with E-state index in [0.717, 1.165) is 35.9 Å². The minimum atomic E-state index is -3.29. The third-order valence-corrected chi connectivity index (χ3v) is 6.64. The van der Waals surface area contributed by atoms with Gasteiger partial charge in [-0.2, -0.15) is 4.99 Å². The number of nitrogens with zero attached hydrogens (tertiary/aromatic N) is 2. The minimum Gasteiger partial charge on any atom is -0.305 e. The summed E-state index contributed by atoms with van der Waals surface area (Å²) < 4.78 is 26.1. The van der Waals surface area contributed by atoms with Crippen molar-refractivity contribution in [2.75, 3.05) is 6.26 Å². The van der Waals surface area contributed by atoms with Gasteiger partial charge in [0.1, 0.15) is 0 Å². The summed E-state index contributed by atoms with van der Waals surface area (Å²) in [5, 5.41) is 0. The molecule has 0 radical (unpaired) electrons. The number of aromatic nitrogens is 1. The lowest BCUT2D eigenvalue weighted by molar-refractivity contribution is -0.122. The van der Waals surface area contributed by atoms with Gasteiger partial charge in [0.05, 0.1) is 21.7 Å². The van der Waals surface area contributed by atoms with Gasteiger partial charge in [0, 0.05) is 12.2 Å². The second-order valence-corrected chi connectivity index (χ2v) is 9.39. The number of carbonyl (C=O) groups excluding carboxylic acids is 1. The van der Waals surface area contributed by atoms with Crippen LogP contribution in [0.15, 0.2) is 28.1 Å². The van der Waals surface area contributed by atoms with E-state index in [1.807, 2.05) is 0 Å². The summed E-state index contributed by atoms with van der Waals surface area (Å²) in [5.74, 6) is 2.47. The normalized spacial score (nSPS) is 16.9. The predicted octanol–water partition coefficient (Wildman–Crippen LogP) is 2.75. The number of carbonyl (C=O) groups is 1. The van der Waals surface area contributed by atoms with Crippen molar-refractivity contribution in [2.24, 2.45) is 10.9 Å². The summed E-state index contributed by atoms with van der Waals surface area (Å²) in [7, 11) is -3.29. The smallest absolute Gasteiger partial charge is 0.251 e. The molecule has 3 rings (SSSR count). The first-order valence-electron chi connectivity index (χ1n) is 8.25. The lowest BCUT2D eigenvalue weighted by Gasteiger charge is -2.17. The van der Waals surface area contributed by atoms with Crippen molar-refractivity contribution >= 4 is 37.3 Å². The SMILES string of the molecule is C#CCn1c(=NC(=O)C2CCCCC2)sc2cc(S(C)(=O)=O)ccc21. The van der Waals surface area contributed by atoms with E-state index in [0.29, 0.717) is 4.80 Å². The molecule has 0 N–H and O–H groups in total.